The molecule has 1 aliphatic rings. The van der Waals surface area contributed by atoms with Crippen molar-refractivity contribution in [1.82, 2.24) is 9.29 Å². The van der Waals surface area contributed by atoms with Crippen LogP contribution in [-0.4, -0.2) is 36.7 Å². The summed E-state index contributed by atoms with van der Waals surface area (Å²) in [4.78, 5) is 20.2. The van der Waals surface area contributed by atoms with Crippen LogP contribution in [0.25, 0.3) is 10.2 Å². The summed E-state index contributed by atoms with van der Waals surface area (Å²) < 4.78 is 34.4. The maximum atomic E-state index is 13.7. The average molecular weight is 524 g/mol. The quantitative estimate of drug-likeness (QED) is 0.320. The van der Waals surface area contributed by atoms with Gasteiger partial charge in [-0.15, -0.1) is 0 Å². The maximum Gasteiger partial charge on any atom is 0.260 e. The van der Waals surface area contributed by atoms with Crippen molar-refractivity contribution in [3.05, 3.63) is 77.2 Å². The lowest BCUT2D eigenvalue weighted by Crippen LogP contribution is -2.39. The standard InChI is InChI=1S/C27H29N3O4S2/c1-18-6-4-12-29(16-18)36(32,33)23-10-8-21(9-11-23)26(31)30(17-22-7-5-13-34-22)27-28-24-14-19(2)20(3)15-25(24)35-27/h5,7-11,13-15,18H,4,6,12,16-17H2,1-3H3. The molecule has 2 aromatic carbocycles. The van der Waals surface area contributed by atoms with E-state index < -0.39 is 10.0 Å². The normalized spacial score (nSPS) is 16.9. The van der Waals surface area contributed by atoms with Gasteiger partial charge in [-0.1, -0.05) is 18.3 Å². The Labute approximate surface area is 215 Å². The molecule has 0 spiro atoms. The van der Waals surface area contributed by atoms with Crippen molar-refractivity contribution in [3.8, 4) is 0 Å². The van der Waals surface area contributed by atoms with Gasteiger partial charge in [0, 0.05) is 18.7 Å². The summed E-state index contributed by atoms with van der Waals surface area (Å²) in [7, 11) is -3.59. The number of benzene rings is 2. The van der Waals surface area contributed by atoms with Gasteiger partial charge >= 0.3 is 0 Å². The second-order valence-corrected chi connectivity index (χ2v) is 12.5. The summed E-state index contributed by atoms with van der Waals surface area (Å²) in [5.74, 6) is 0.703. The van der Waals surface area contributed by atoms with Crippen LogP contribution in [0.3, 0.4) is 0 Å². The number of furan rings is 1. The average Bonchev–Trinajstić information content (AvgIpc) is 3.52. The summed E-state index contributed by atoms with van der Waals surface area (Å²) in [6, 6.07) is 13.9. The van der Waals surface area contributed by atoms with Crippen LogP contribution in [-0.2, 0) is 16.6 Å². The molecule has 1 saturated heterocycles. The highest BCUT2D eigenvalue weighted by Crippen LogP contribution is 2.33. The van der Waals surface area contributed by atoms with Crippen molar-refractivity contribution in [2.24, 2.45) is 5.92 Å². The second-order valence-electron chi connectivity index (χ2n) is 9.51. The SMILES string of the molecule is Cc1cc2nc(N(Cc3ccco3)C(=O)c3ccc(S(=O)(=O)N4CCCC(C)C4)cc3)sc2cc1C. The first kappa shape index (κ1) is 24.7. The van der Waals surface area contributed by atoms with Crippen LogP contribution in [0.2, 0.25) is 0 Å². The zero-order valence-corrected chi connectivity index (χ0v) is 22.2. The Morgan fingerprint density at radius 2 is 1.92 bits per heavy atom. The Bertz CT molecular complexity index is 1450. The lowest BCUT2D eigenvalue weighted by Gasteiger charge is -2.30. The molecule has 5 rings (SSSR count). The fourth-order valence-corrected chi connectivity index (χ4v) is 7.15. The molecule has 1 amide bonds. The number of hydrogen-bond donors (Lipinski definition) is 0. The van der Waals surface area contributed by atoms with Crippen LogP contribution >= 0.6 is 11.3 Å². The minimum atomic E-state index is -3.59. The Morgan fingerprint density at radius 3 is 2.61 bits per heavy atom. The first-order valence-electron chi connectivity index (χ1n) is 12.0. The molecule has 9 heteroatoms. The molecule has 1 aliphatic heterocycles. The van der Waals surface area contributed by atoms with Gasteiger partial charge in [0.25, 0.3) is 5.91 Å². The van der Waals surface area contributed by atoms with Crippen molar-refractivity contribution >= 4 is 42.6 Å². The lowest BCUT2D eigenvalue weighted by molar-refractivity contribution is 0.0983. The van der Waals surface area contributed by atoms with Crippen molar-refractivity contribution in [2.45, 2.75) is 45.1 Å². The van der Waals surface area contributed by atoms with Gasteiger partial charge in [0.1, 0.15) is 5.76 Å². The van der Waals surface area contributed by atoms with E-state index in [4.69, 9.17) is 9.40 Å². The highest BCUT2D eigenvalue weighted by Gasteiger charge is 2.29. The van der Waals surface area contributed by atoms with E-state index >= 15 is 0 Å². The highest BCUT2D eigenvalue weighted by atomic mass is 32.2. The fourth-order valence-electron chi connectivity index (χ4n) is 4.51. The van der Waals surface area contributed by atoms with Crippen LogP contribution < -0.4 is 4.90 Å². The van der Waals surface area contributed by atoms with Crippen molar-refractivity contribution < 1.29 is 17.6 Å². The molecule has 4 aromatic rings. The highest BCUT2D eigenvalue weighted by molar-refractivity contribution is 7.89. The predicted octanol–water partition coefficient (Wildman–Crippen LogP) is 5.77. The summed E-state index contributed by atoms with van der Waals surface area (Å²) in [6.45, 7) is 7.44. The number of carbonyl (C=O) groups is 1. The first-order chi connectivity index (χ1) is 17.2. The molecule has 3 heterocycles. The summed E-state index contributed by atoms with van der Waals surface area (Å²) in [5.41, 5.74) is 3.54. The van der Waals surface area contributed by atoms with Gasteiger partial charge in [0.15, 0.2) is 5.13 Å². The van der Waals surface area contributed by atoms with E-state index in [0.29, 0.717) is 35.5 Å². The first-order valence-corrected chi connectivity index (χ1v) is 14.3. The van der Waals surface area contributed by atoms with E-state index in [0.717, 1.165) is 28.6 Å². The number of piperidine rings is 1. The molecular formula is C27H29N3O4S2. The molecule has 1 atom stereocenters. The number of aromatic nitrogens is 1. The van der Waals surface area contributed by atoms with E-state index in [1.807, 2.05) is 19.1 Å². The molecule has 1 fully saturated rings. The monoisotopic (exact) mass is 523 g/mol. The molecule has 2 aromatic heterocycles. The van der Waals surface area contributed by atoms with Gasteiger partial charge in [0.2, 0.25) is 10.0 Å². The van der Waals surface area contributed by atoms with Crippen LogP contribution in [0, 0.1) is 19.8 Å². The molecule has 36 heavy (non-hydrogen) atoms. The lowest BCUT2D eigenvalue weighted by atomic mass is 10.0. The number of hydrogen-bond acceptors (Lipinski definition) is 6. The molecule has 188 valence electrons. The van der Waals surface area contributed by atoms with E-state index in [2.05, 4.69) is 19.9 Å². The van der Waals surface area contributed by atoms with Crippen LogP contribution in [0.15, 0.2) is 64.1 Å². The molecule has 1 unspecified atom stereocenters. The fraction of sp³-hybridized carbons (Fsp3) is 0.333. The Balaban J connectivity index is 1.46. The van der Waals surface area contributed by atoms with Gasteiger partial charge in [-0.2, -0.15) is 4.31 Å². The predicted molar refractivity (Wildman–Crippen MR) is 142 cm³/mol. The Morgan fingerprint density at radius 1 is 1.17 bits per heavy atom. The zero-order chi connectivity index (χ0) is 25.4. The van der Waals surface area contributed by atoms with E-state index in [1.165, 1.54) is 29.0 Å². The number of rotatable bonds is 6. The zero-order valence-electron chi connectivity index (χ0n) is 20.6. The van der Waals surface area contributed by atoms with Crippen LogP contribution in [0.5, 0.6) is 0 Å². The maximum absolute atomic E-state index is 13.7. The largest absolute Gasteiger partial charge is 0.467 e. The van der Waals surface area contributed by atoms with Gasteiger partial charge in [-0.25, -0.2) is 13.4 Å². The number of anilines is 1. The van der Waals surface area contributed by atoms with Crippen LogP contribution in [0.1, 0.15) is 47.0 Å². The van der Waals surface area contributed by atoms with Crippen molar-refractivity contribution in [3.63, 3.8) is 0 Å². The number of sulfonamides is 1. The molecular weight excluding hydrogens is 494 g/mol. The smallest absolute Gasteiger partial charge is 0.260 e. The summed E-state index contributed by atoms with van der Waals surface area (Å²) in [5, 5.41) is 0.565. The second kappa shape index (κ2) is 9.80. The van der Waals surface area contributed by atoms with Gasteiger partial charge in [-0.05, 0) is 92.3 Å². The number of amides is 1. The van der Waals surface area contributed by atoms with Gasteiger partial charge in [-0.3, -0.25) is 9.69 Å². The third-order valence-electron chi connectivity index (χ3n) is 6.72. The molecule has 0 radical (unpaired) electrons. The third-order valence-corrected chi connectivity index (χ3v) is 9.64. The summed E-state index contributed by atoms with van der Waals surface area (Å²) >= 11 is 1.45. The van der Waals surface area contributed by atoms with Gasteiger partial charge < -0.3 is 4.42 Å². The molecule has 7 nitrogen and oxygen atoms in total. The van der Waals surface area contributed by atoms with Crippen LogP contribution in [0.4, 0.5) is 5.13 Å². The minimum Gasteiger partial charge on any atom is -0.467 e. The van der Waals surface area contributed by atoms with Gasteiger partial charge in [0.05, 0.1) is 27.9 Å². The number of nitrogens with zero attached hydrogens (tertiary/aromatic N) is 3. The Kier molecular flexibility index (Phi) is 6.72. The number of fused-ring (bicyclic) bond motifs is 1. The Hall–Kier alpha value is -3.01. The topological polar surface area (TPSA) is 83.7 Å². The summed E-state index contributed by atoms with van der Waals surface area (Å²) in [6.07, 6.45) is 3.47. The molecule has 0 saturated carbocycles. The molecule has 0 bridgehead atoms. The third kappa shape index (κ3) is 4.83. The number of carbonyl (C=O) groups excluding carboxylic acids is 1. The number of thiazole rings is 1. The van der Waals surface area contributed by atoms with E-state index in [9.17, 15) is 13.2 Å². The minimum absolute atomic E-state index is 0.205. The van der Waals surface area contributed by atoms with Crippen molar-refractivity contribution in [2.75, 3.05) is 18.0 Å². The molecule has 0 aliphatic carbocycles. The number of aryl methyl sites for hydroxylation is 2. The van der Waals surface area contributed by atoms with E-state index in [1.54, 1.807) is 33.7 Å². The van der Waals surface area contributed by atoms with Crippen molar-refractivity contribution in [1.29, 1.82) is 0 Å². The van der Waals surface area contributed by atoms with E-state index in [-0.39, 0.29) is 17.3 Å². The molecule has 0 N–H and O–H groups in total.